The van der Waals surface area contributed by atoms with Gasteiger partial charge in [-0.05, 0) is 48.5 Å². The van der Waals surface area contributed by atoms with Crippen molar-refractivity contribution in [2.45, 2.75) is 71.4 Å². The molecular formula is C45H41Cl4NO16. The Balaban J connectivity index is 1.34. The summed E-state index contributed by atoms with van der Waals surface area (Å²) in [7, 11) is 2.53. The molecule has 3 fully saturated rings. The van der Waals surface area contributed by atoms with Crippen LogP contribution in [0.4, 0.5) is 0 Å². The Labute approximate surface area is 397 Å². The van der Waals surface area contributed by atoms with Gasteiger partial charge in [0.25, 0.3) is 9.70 Å². The molecule has 17 nitrogen and oxygen atoms in total. The smallest absolute Gasteiger partial charge is 0.338 e. The van der Waals surface area contributed by atoms with Gasteiger partial charge in [0, 0.05) is 5.56 Å². The van der Waals surface area contributed by atoms with E-state index < -0.39 is 107 Å². The summed E-state index contributed by atoms with van der Waals surface area (Å²) < 4.78 is 63.9. The number of fused-ring (bicyclic) bond motifs is 1. The third-order valence-corrected chi connectivity index (χ3v) is 11.1. The van der Waals surface area contributed by atoms with Gasteiger partial charge in [-0.2, -0.15) is 0 Å². The molecule has 66 heavy (non-hydrogen) atoms. The van der Waals surface area contributed by atoms with E-state index in [2.05, 4.69) is 5.32 Å². The van der Waals surface area contributed by atoms with E-state index in [9.17, 15) is 24.0 Å². The molecule has 0 saturated carbocycles. The van der Waals surface area contributed by atoms with E-state index >= 15 is 0 Å². The second kappa shape index (κ2) is 22.1. The molecule has 1 unspecified atom stereocenters. The molecular weight excluding hydrogens is 952 g/mol. The van der Waals surface area contributed by atoms with Crippen molar-refractivity contribution in [1.82, 2.24) is 5.32 Å². The Kier molecular flexibility index (Phi) is 16.3. The van der Waals surface area contributed by atoms with Crippen molar-refractivity contribution in [2.75, 3.05) is 26.7 Å². The fraction of sp³-hybridized carbons (Fsp3) is 0.356. The largest absolute Gasteiger partial charge is 0.497 e. The van der Waals surface area contributed by atoms with Crippen molar-refractivity contribution in [3.05, 3.63) is 132 Å². The molecule has 11 atom stereocenters. The van der Waals surface area contributed by atoms with Crippen molar-refractivity contribution in [3.8, 4) is 11.5 Å². The predicted molar refractivity (Wildman–Crippen MR) is 232 cm³/mol. The zero-order valence-corrected chi connectivity index (χ0v) is 37.8. The van der Waals surface area contributed by atoms with Crippen LogP contribution in [0.3, 0.4) is 0 Å². The number of nitrogens with one attached hydrogen (secondary N) is 1. The van der Waals surface area contributed by atoms with Crippen LogP contribution in [-0.4, -0.2) is 122 Å². The minimum atomic E-state index is -2.61. The molecule has 3 aliphatic heterocycles. The summed E-state index contributed by atoms with van der Waals surface area (Å²) in [6, 6.07) is 28.9. The van der Waals surface area contributed by atoms with E-state index in [4.69, 9.17) is 98.5 Å². The topological polar surface area (TPSA) is 199 Å². The maximum atomic E-state index is 14.1. The van der Waals surface area contributed by atoms with Crippen LogP contribution in [0, 0.1) is 0 Å². The van der Waals surface area contributed by atoms with Gasteiger partial charge in [-0.3, -0.25) is 9.59 Å². The van der Waals surface area contributed by atoms with E-state index in [1.165, 1.54) is 43.5 Å². The number of alkyl halides is 4. The summed E-state index contributed by atoms with van der Waals surface area (Å²) in [6.07, 6.45) is -15.9. The Morgan fingerprint density at radius 3 is 1.80 bits per heavy atom. The number of hydrogen-bond acceptors (Lipinski definition) is 16. The maximum absolute atomic E-state index is 14.1. The second-order valence-electron chi connectivity index (χ2n) is 14.6. The zero-order chi connectivity index (χ0) is 47.0. The first-order chi connectivity index (χ1) is 31.8. The fourth-order valence-electron chi connectivity index (χ4n) is 7.27. The Morgan fingerprint density at radius 1 is 0.667 bits per heavy atom. The van der Waals surface area contributed by atoms with Crippen molar-refractivity contribution in [2.24, 2.45) is 0 Å². The summed E-state index contributed by atoms with van der Waals surface area (Å²) in [5, 5.41) is 2.51. The molecule has 3 aliphatic rings. The Morgan fingerprint density at radius 2 is 1.24 bits per heavy atom. The Hall–Kier alpha value is -5.21. The minimum Gasteiger partial charge on any atom is -0.497 e. The SMILES string of the molecule is COC(=O)[C@H]1O[C@@H](Oc2ccc(OC)cc2)[C@H](OC(=O)c2ccccc2)[C@@H](OC(=O)c2ccccc2)[C@@H]1O[C@@H]1O[C@@H]2COC(c3ccccc3)O[C@@H]2[C@H](OC(=O)CCl)[C@H]1NC(=O)C(Cl)(Cl)Cl. The van der Waals surface area contributed by atoms with Crippen molar-refractivity contribution >= 4 is 76.2 Å². The predicted octanol–water partition coefficient (Wildman–Crippen LogP) is 5.65. The van der Waals surface area contributed by atoms with Gasteiger partial charge in [0.2, 0.25) is 12.4 Å². The summed E-state index contributed by atoms with van der Waals surface area (Å²) in [5.74, 6) is -5.21. The third-order valence-electron chi connectivity index (χ3n) is 10.4. The van der Waals surface area contributed by atoms with Crippen LogP contribution >= 0.6 is 46.4 Å². The van der Waals surface area contributed by atoms with Crippen molar-refractivity contribution in [3.63, 3.8) is 0 Å². The molecule has 4 aromatic carbocycles. The molecule has 0 aliphatic carbocycles. The number of halogens is 4. The quantitative estimate of drug-likeness (QED) is 0.0923. The molecule has 3 heterocycles. The first-order valence-corrected chi connectivity index (χ1v) is 21.8. The second-order valence-corrected chi connectivity index (χ2v) is 17.2. The highest BCUT2D eigenvalue weighted by molar-refractivity contribution is 6.76. The normalized spacial score (nSPS) is 27.2. The number of ether oxygens (including phenoxy) is 11. The van der Waals surface area contributed by atoms with Crippen LogP contribution in [0.1, 0.15) is 32.6 Å². The summed E-state index contributed by atoms with van der Waals surface area (Å²) >= 11 is 24.1. The number of benzene rings is 4. The van der Waals surface area contributed by atoms with E-state index in [-0.39, 0.29) is 23.5 Å². The van der Waals surface area contributed by atoms with Gasteiger partial charge in [0.1, 0.15) is 41.7 Å². The molecule has 4 aromatic rings. The average molecular weight is 994 g/mol. The van der Waals surface area contributed by atoms with Crippen LogP contribution < -0.4 is 14.8 Å². The van der Waals surface area contributed by atoms with Gasteiger partial charge in [0.05, 0.1) is 32.0 Å². The molecule has 0 spiro atoms. The van der Waals surface area contributed by atoms with Gasteiger partial charge < -0.3 is 57.4 Å². The standard InChI is InChI=1S/C45H41Cl4NO16/c1-56-27-18-20-28(21-19-27)59-43-37(63-39(53)25-14-8-4-9-15-25)35(62-38(52)24-12-6-3-7-13-24)34(36(66-43)40(54)57-2)65-42-31(50-44(55)45(47,48)49)33(61-30(51)22-46)32-29(60-42)23-58-41(64-32)26-16-10-5-11-17-26/h3-21,29,31-37,41-43H,22-23H2,1-2H3,(H,50,55)/t29-,31-,32+,33-,34+,35+,36+,37-,41?,42+,43-/m1/s1. The molecule has 1 N–H and O–H groups in total. The third kappa shape index (κ3) is 11.7. The number of carbonyl (C=O) groups is 5. The number of amides is 1. The van der Waals surface area contributed by atoms with E-state index in [0.29, 0.717) is 11.3 Å². The number of hydrogen-bond donors (Lipinski definition) is 1. The van der Waals surface area contributed by atoms with Gasteiger partial charge in [-0.1, -0.05) is 102 Å². The number of rotatable bonds is 14. The van der Waals surface area contributed by atoms with Gasteiger partial charge in [-0.25, -0.2) is 14.4 Å². The molecule has 0 radical (unpaired) electrons. The van der Waals surface area contributed by atoms with Gasteiger partial charge in [-0.15, -0.1) is 11.6 Å². The molecule has 0 bridgehead atoms. The first-order valence-electron chi connectivity index (χ1n) is 20.1. The average Bonchev–Trinajstić information content (AvgIpc) is 3.34. The van der Waals surface area contributed by atoms with E-state index in [1.54, 1.807) is 78.9 Å². The number of methoxy groups -OCH3 is 2. The molecule has 7 rings (SSSR count). The molecule has 0 aromatic heterocycles. The van der Waals surface area contributed by atoms with Crippen LogP contribution in [0.2, 0.25) is 0 Å². The lowest BCUT2D eigenvalue weighted by Crippen LogP contribution is -2.71. The lowest BCUT2D eigenvalue weighted by molar-refractivity contribution is -0.365. The molecule has 3 saturated heterocycles. The van der Waals surface area contributed by atoms with Crippen LogP contribution in [0.15, 0.2) is 115 Å². The highest BCUT2D eigenvalue weighted by atomic mass is 35.6. The number of carbonyl (C=O) groups excluding carboxylic acids is 5. The lowest BCUT2D eigenvalue weighted by Gasteiger charge is -2.51. The van der Waals surface area contributed by atoms with E-state index in [1.807, 2.05) is 0 Å². The Bertz CT molecular complexity index is 2290. The van der Waals surface area contributed by atoms with Crippen molar-refractivity contribution < 1.29 is 76.1 Å². The van der Waals surface area contributed by atoms with E-state index in [0.717, 1.165) is 7.11 Å². The maximum Gasteiger partial charge on any atom is 0.338 e. The number of esters is 4. The monoisotopic (exact) mass is 991 g/mol. The van der Waals surface area contributed by atoms with Crippen LogP contribution in [0.5, 0.6) is 11.5 Å². The summed E-state index contributed by atoms with van der Waals surface area (Å²) in [6.45, 7) is -0.215. The van der Waals surface area contributed by atoms with Crippen molar-refractivity contribution in [1.29, 1.82) is 0 Å². The zero-order valence-electron chi connectivity index (χ0n) is 34.8. The minimum absolute atomic E-state index is 0.0419. The van der Waals surface area contributed by atoms with Crippen LogP contribution in [0.25, 0.3) is 0 Å². The highest BCUT2D eigenvalue weighted by Crippen LogP contribution is 2.40. The lowest BCUT2D eigenvalue weighted by atomic mass is 9.94. The van der Waals surface area contributed by atoms with Crippen LogP contribution in [-0.2, 0) is 57.0 Å². The highest BCUT2D eigenvalue weighted by Gasteiger charge is 2.60. The molecule has 21 heteroatoms. The molecule has 350 valence electrons. The molecule has 1 amide bonds. The van der Waals surface area contributed by atoms with Gasteiger partial charge in [0.15, 0.2) is 30.9 Å². The summed E-state index contributed by atoms with van der Waals surface area (Å²) in [5.41, 5.74) is 0.706. The first kappa shape index (κ1) is 48.7. The van der Waals surface area contributed by atoms with Gasteiger partial charge >= 0.3 is 23.9 Å². The fourth-order valence-corrected chi connectivity index (χ4v) is 7.50. The summed E-state index contributed by atoms with van der Waals surface area (Å²) in [4.78, 5) is 68.7.